The maximum atomic E-state index is 11.4. The molecule has 1 rings (SSSR count). The van der Waals surface area contributed by atoms with Crippen molar-refractivity contribution in [3.63, 3.8) is 0 Å². The maximum Gasteiger partial charge on any atom is 0.253 e. The van der Waals surface area contributed by atoms with E-state index in [9.17, 15) is 4.79 Å². The fourth-order valence-electron chi connectivity index (χ4n) is 0.927. The number of amides is 1. The van der Waals surface area contributed by atoms with Gasteiger partial charge in [-0.15, -0.1) is 0 Å². The average Bonchev–Trinajstić information content (AvgIpc) is 2.03. The van der Waals surface area contributed by atoms with Crippen LogP contribution in [-0.2, 0) is 0 Å². The molecule has 0 fully saturated rings. The van der Waals surface area contributed by atoms with Crippen LogP contribution < -0.4 is 11.1 Å². The zero-order valence-electron chi connectivity index (χ0n) is 7.74. The highest BCUT2D eigenvalue weighted by atomic mass is 16.1. The number of nitrogen functional groups attached to an aromatic ring is 1. The monoisotopic (exact) mass is 179 g/mol. The summed E-state index contributed by atoms with van der Waals surface area (Å²) in [7, 11) is 0. The first-order valence-electron chi connectivity index (χ1n) is 4.11. The van der Waals surface area contributed by atoms with Gasteiger partial charge < -0.3 is 11.1 Å². The standard InChI is InChI=1S/C9H13N3O/c1-6(2)12-9(13)7-3-8(10)5-11-4-7/h3-6H,10H2,1-2H3,(H,12,13). The fraction of sp³-hybridized carbons (Fsp3) is 0.333. The van der Waals surface area contributed by atoms with Crippen molar-refractivity contribution in [2.45, 2.75) is 19.9 Å². The smallest absolute Gasteiger partial charge is 0.253 e. The quantitative estimate of drug-likeness (QED) is 0.705. The Bertz CT molecular complexity index is 309. The molecule has 0 aliphatic rings. The van der Waals surface area contributed by atoms with Gasteiger partial charge in [-0.3, -0.25) is 9.78 Å². The van der Waals surface area contributed by atoms with Gasteiger partial charge in [-0.05, 0) is 19.9 Å². The summed E-state index contributed by atoms with van der Waals surface area (Å²) in [4.78, 5) is 15.2. The molecule has 0 aliphatic carbocycles. The number of carbonyl (C=O) groups is 1. The zero-order valence-corrected chi connectivity index (χ0v) is 7.74. The normalized spacial score (nSPS) is 10.1. The molecule has 0 aliphatic heterocycles. The number of hydrogen-bond acceptors (Lipinski definition) is 3. The number of aromatic nitrogens is 1. The minimum atomic E-state index is -0.144. The van der Waals surface area contributed by atoms with Crippen LogP contribution in [0.1, 0.15) is 24.2 Å². The molecule has 0 radical (unpaired) electrons. The van der Waals surface area contributed by atoms with E-state index in [4.69, 9.17) is 5.73 Å². The van der Waals surface area contributed by atoms with Crippen LogP contribution in [0.3, 0.4) is 0 Å². The van der Waals surface area contributed by atoms with Crippen molar-refractivity contribution in [2.24, 2.45) is 0 Å². The van der Waals surface area contributed by atoms with Gasteiger partial charge in [-0.25, -0.2) is 0 Å². The molecule has 1 heterocycles. The van der Waals surface area contributed by atoms with E-state index in [-0.39, 0.29) is 11.9 Å². The molecule has 0 bridgehead atoms. The Kier molecular flexibility index (Phi) is 2.84. The van der Waals surface area contributed by atoms with Crippen molar-refractivity contribution < 1.29 is 4.79 Å². The van der Waals surface area contributed by atoms with Crippen molar-refractivity contribution in [3.8, 4) is 0 Å². The van der Waals surface area contributed by atoms with E-state index in [1.807, 2.05) is 13.8 Å². The highest BCUT2D eigenvalue weighted by Crippen LogP contribution is 2.03. The van der Waals surface area contributed by atoms with Crippen LogP contribution in [0.15, 0.2) is 18.5 Å². The first-order chi connectivity index (χ1) is 6.09. The maximum absolute atomic E-state index is 11.4. The first kappa shape index (κ1) is 9.51. The largest absolute Gasteiger partial charge is 0.397 e. The van der Waals surface area contributed by atoms with Crippen LogP contribution >= 0.6 is 0 Å². The summed E-state index contributed by atoms with van der Waals surface area (Å²) in [6.45, 7) is 3.80. The summed E-state index contributed by atoms with van der Waals surface area (Å²) < 4.78 is 0. The molecular weight excluding hydrogens is 166 g/mol. The van der Waals surface area contributed by atoms with Crippen molar-refractivity contribution in [1.82, 2.24) is 10.3 Å². The predicted octanol–water partition coefficient (Wildman–Crippen LogP) is 0.802. The topological polar surface area (TPSA) is 68.0 Å². The number of nitrogens with zero attached hydrogens (tertiary/aromatic N) is 1. The van der Waals surface area contributed by atoms with Crippen molar-refractivity contribution in [3.05, 3.63) is 24.0 Å². The molecule has 70 valence electrons. The molecule has 3 N–H and O–H groups in total. The lowest BCUT2D eigenvalue weighted by Gasteiger charge is -2.07. The molecule has 13 heavy (non-hydrogen) atoms. The minimum absolute atomic E-state index is 0.119. The molecule has 4 nitrogen and oxygen atoms in total. The average molecular weight is 179 g/mol. The summed E-state index contributed by atoms with van der Waals surface area (Å²) in [6.07, 6.45) is 3.00. The molecular formula is C9H13N3O. The second-order valence-corrected chi connectivity index (χ2v) is 3.14. The van der Waals surface area contributed by atoms with Crippen LogP contribution in [0.4, 0.5) is 5.69 Å². The van der Waals surface area contributed by atoms with Crippen LogP contribution in [0.2, 0.25) is 0 Å². The summed E-state index contributed by atoms with van der Waals surface area (Å²) in [5.74, 6) is -0.144. The molecule has 1 aromatic rings. The van der Waals surface area contributed by atoms with E-state index >= 15 is 0 Å². The third kappa shape index (κ3) is 2.74. The van der Waals surface area contributed by atoms with Crippen LogP contribution in [0, 0.1) is 0 Å². The first-order valence-corrected chi connectivity index (χ1v) is 4.11. The number of nitrogens with two attached hydrogens (primary N) is 1. The van der Waals surface area contributed by atoms with Gasteiger partial charge in [0.15, 0.2) is 0 Å². The third-order valence-electron chi connectivity index (χ3n) is 1.44. The van der Waals surface area contributed by atoms with Gasteiger partial charge in [-0.2, -0.15) is 0 Å². The molecule has 1 amide bonds. The van der Waals surface area contributed by atoms with Crippen LogP contribution in [-0.4, -0.2) is 16.9 Å². The lowest BCUT2D eigenvalue weighted by Crippen LogP contribution is -2.30. The lowest BCUT2D eigenvalue weighted by molar-refractivity contribution is 0.0943. The van der Waals surface area contributed by atoms with Crippen LogP contribution in [0.5, 0.6) is 0 Å². The Balaban J connectivity index is 2.77. The van der Waals surface area contributed by atoms with E-state index < -0.39 is 0 Å². The van der Waals surface area contributed by atoms with E-state index in [1.165, 1.54) is 12.4 Å². The molecule has 0 saturated carbocycles. The van der Waals surface area contributed by atoms with Gasteiger partial charge in [0.1, 0.15) is 0 Å². The van der Waals surface area contributed by atoms with Gasteiger partial charge in [0, 0.05) is 18.4 Å². The Morgan fingerprint density at radius 1 is 1.54 bits per heavy atom. The molecule has 0 atom stereocenters. The van der Waals surface area contributed by atoms with E-state index in [0.717, 1.165) is 0 Å². The third-order valence-corrected chi connectivity index (χ3v) is 1.44. The molecule has 0 aromatic carbocycles. The van der Waals surface area contributed by atoms with Gasteiger partial charge in [0.05, 0.1) is 11.3 Å². The highest BCUT2D eigenvalue weighted by Gasteiger charge is 2.06. The Hall–Kier alpha value is -1.58. The molecule has 1 aromatic heterocycles. The second-order valence-electron chi connectivity index (χ2n) is 3.14. The SMILES string of the molecule is CC(C)NC(=O)c1cncc(N)c1. The van der Waals surface area contributed by atoms with Gasteiger partial charge in [-0.1, -0.05) is 0 Å². The number of pyridine rings is 1. The summed E-state index contributed by atoms with van der Waals surface area (Å²) in [5.41, 5.74) is 6.48. The molecule has 0 saturated heterocycles. The predicted molar refractivity (Wildman–Crippen MR) is 51.3 cm³/mol. The molecule has 4 heteroatoms. The fourth-order valence-corrected chi connectivity index (χ4v) is 0.927. The zero-order chi connectivity index (χ0) is 9.84. The Morgan fingerprint density at radius 2 is 2.23 bits per heavy atom. The van der Waals surface area contributed by atoms with Gasteiger partial charge in [0.2, 0.25) is 0 Å². The van der Waals surface area contributed by atoms with Crippen molar-refractivity contribution >= 4 is 11.6 Å². The van der Waals surface area contributed by atoms with Gasteiger partial charge >= 0.3 is 0 Å². The van der Waals surface area contributed by atoms with E-state index in [0.29, 0.717) is 11.3 Å². The molecule has 0 unspecified atom stereocenters. The number of hydrogen-bond donors (Lipinski definition) is 2. The Labute approximate surface area is 77.2 Å². The van der Waals surface area contributed by atoms with Crippen molar-refractivity contribution in [2.75, 3.05) is 5.73 Å². The van der Waals surface area contributed by atoms with Gasteiger partial charge in [0.25, 0.3) is 5.91 Å². The van der Waals surface area contributed by atoms with Crippen LogP contribution in [0.25, 0.3) is 0 Å². The van der Waals surface area contributed by atoms with Crippen molar-refractivity contribution in [1.29, 1.82) is 0 Å². The number of nitrogens with one attached hydrogen (secondary N) is 1. The lowest BCUT2D eigenvalue weighted by atomic mass is 10.2. The Morgan fingerprint density at radius 3 is 2.77 bits per heavy atom. The van der Waals surface area contributed by atoms with E-state index in [1.54, 1.807) is 6.07 Å². The number of carbonyl (C=O) groups excluding carboxylic acids is 1. The number of anilines is 1. The summed E-state index contributed by atoms with van der Waals surface area (Å²) in [6, 6.07) is 1.72. The minimum Gasteiger partial charge on any atom is -0.397 e. The molecule has 0 spiro atoms. The summed E-state index contributed by atoms with van der Waals surface area (Å²) in [5, 5.41) is 2.75. The highest BCUT2D eigenvalue weighted by molar-refractivity contribution is 5.94. The summed E-state index contributed by atoms with van der Waals surface area (Å²) >= 11 is 0. The van der Waals surface area contributed by atoms with E-state index in [2.05, 4.69) is 10.3 Å². The second kappa shape index (κ2) is 3.89. The number of rotatable bonds is 2.